The number of carbonyl (C=O) groups excluding carboxylic acids is 1. The lowest BCUT2D eigenvalue weighted by molar-refractivity contribution is -0.680. The number of amides is 1. The predicted octanol–water partition coefficient (Wildman–Crippen LogP) is -1.03. The Labute approximate surface area is 120 Å². The van der Waals surface area contributed by atoms with Gasteiger partial charge in [-0.3, -0.25) is 4.79 Å². The first-order valence-electron chi connectivity index (χ1n) is 8.23. The minimum Gasteiger partial charge on any atom is -0.388 e. The summed E-state index contributed by atoms with van der Waals surface area (Å²) in [7, 11) is 0. The van der Waals surface area contributed by atoms with Gasteiger partial charge in [-0.15, -0.1) is 0 Å². The first-order chi connectivity index (χ1) is 9.69. The predicted molar refractivity (Wildman–Crippen MR) is 76.1 cm³/mol. The molecule has 5 heteroatoms. The number of rotatable bonds is 3. The van der Waals surface area contributed by atoms with Crippen molar-refractivity contribution in [3.8, 4) is 0 Å². The summed E-state index contributed by atoms with van der Waals surface area (Å²) in [6, 6.07) is -0.0316. The van der Waals surface area contributed by atoms with Crippen LogP contribution in [-0.4, -0.2) is 48.8 Å². The number of aliphatic hydroxyl groups is 1. The molecule has 20 heavy (non-hydrogen) atoms. The van der Waals surface area contributed by atoms with Gasteiger partial charge in [0.1, 0.15) is 0 Å². The smallest absolute Gasteiger partial charge is 0.279 e. The average Bonchev–Trinajstić information content (AvgIpc) is 2.84. The number of piperazine rings is 1. The Morgan fingerprint density at radius 1 is 1.35 bits per heavy atom. The van der Waals surface area contributed by atoms with Gasteiger partial charge in [0.2, 0.25) is 0 Å². The molecular weight excluding hydrogens is 254 g/mol. The zero-order valence-corrected chi connectivity index (χ0v) is 12.2. The molecular formula is C15H28N3O2+. The largest absolute Gasteiger partial charge is 0.388 e. The molecule has 3 rings (SSSR count). The monoisotopic (exact) mass is 282 g/mol. The van der Waals surface area contributed by atoms with Crippen LogP contribution in [-0.2, 0) is 4.79 Å². The molecule has 1 aliphatic heterocycles. The van der Waals surface area contributed by atoms with Crippen LogP contribution in [0.4, 0.5) is 0 Å². The molecule has 4 atom stereocenters. The van der Waals surface area contributed by atoms with Crippen LogP contribution in [0, 0.1) is 11.8 Å². The van der Waals surface area contributed by atoms with Gasteiger partial charge in [-0.25, -0.2) is 0 Å². The second-order valence-corrected chi connectivity index (χ2v) is 6.85. The summed E-state index contributed by atoms with van der Waals surface area (Å²) >= 11 is 0. The minimum atomic E-state index is -0.650. The van der Waals surface area contributed by atoms with Gasteiger partial charge in [0.15, 0.2) is 6.04 Å². The molecule has 0 radical (unpaired) electrons. The Balaban J connectivity index is 1.53. The molecule has 1 heterocycles. The molecule has 3 unspecified atom stereocenters. The van der Waals surface area contributed by atoms with Crippen LogP contribution in [0.25, 0.3) is 0 Å². The van der Waals surface area contributed by atoms with Crippen molar-refractivity contribution < 1.29 is 15.2 Å². The lowest BCUT2D eigenvalue weighted by Gasteiger charge is -2.36. The summed E-state index contributed by atoms with van der Waals surface area (Å²) in [5, 5.41) is 19.2. The van der Waals surface area contributed by atoms with Crippen molar-refractivity contribution in [3.05, 3.63) is 0 Å². The lowest BCUT2D eigenvalue weighted by atomic mass is 9.76. The van der Waals surface area contributed by atoms with Gasteiger partial charge in [-0.05, 0) is 31.1 Å². The molecule has 5 nitrogen and oxygen atoms in total. The van der Waals surface area contributed by atoms with E-state index in [1.54, 1.807) is 0 Å². The summed E-state index contributed by atoms with van der Waals surface area (Å²) in [5.74, 6) is 1.17. The molecule has 0 bridgehead atoms. The van der Waals surface area contributed by atoms with Gasteiger partial charge in [0.25, 0.3) is 5.91 Å². The second-order valence-electron chi connectivity index (χ2n) is 6.85. The lowest BCUT2D eigenvalue weighted by Crippen LogP contribution is -2.97. The molecule has 0 aromatic carbocycles. The van der Waals surface area contributed by atoms with Gasteiger partial charge < -0.3 is 21.1 Å². The third-order valence-electron chi connectivity index (χ3n) is 5.59. The first-order valence-corrected chi connectivity index (χ1v) is 8.23. The molecule has 3 fully saturated rings. The van der Waals surface area contributed by atoms with E-state index in [0.29, 0.717) is 18.4 Å². The van der Waals surface area contributed by atoms with E-state index in [1.165, 1.54) is 19.3 Å². The second kappa shape index (κ2) is 6.00. The molecule has 0 aromatic rings. The topological polar surface area (TPSA) is 78.0 Å². The number of hydrogen-bond acceptors (Lipinski definition) is 3. The van der Waals surface area contributed by atoms with Crippen LogP contribution in [0.2, 0.25) is 0 Å². The minimum absolute atomic E-state index is 0.0316. The fourth-order valence-corrected chi connectivity index (χ4v) is 4.40. The standard InChI is InChI=1S/C15H27N3O2/c19-14(13-9-16-7-8-17-13)18-10-15(20)6-5-11-3-1-2-4-12(11)15/h11-13,16-17,20H,1-10H2,(H,18,19)/p+1/t11?,12?,13?,15-/m1/s1. The Kier molecular flexibility index (Phi) is 4.29. The molecule has 5 N–H and O–H groups in total. The molecule has 0 spiro atoms. The molecule has 114 valence electrons. The van der Waals surface area contributed by atoms with E-state index in [1.807, 2.05) is 0 Å². The summed E-state index contributed by atoms with van der Waals surface area (Å²) < 4.78 is 0. The van der Waals surface area contributed by atoms with E-state index >= 15 is 0 Å². The average molecular weight is 282 g/mol. The summed E-state index contributed by atoms with van der Waals surface area (Å²) in [6.45, 7) is 3.10. The van der Waals surface area contributed by atoms with Crippen molar-refractivity contribution in [2.75, 3.05) is 26.2 Å². The van der Waals surface area contributed by atoms with Gasteiger partial charge in [-0.1, -0.05) is 19.3 Å². The fourth-order valence-electron chi connectivity index (χ4n) is 4.40. The van der Waals surface area contributed by atoms with Crippen molar-refractivity contribution >= 4 is 5.91 Å². The van der Waals surface area contributed by atoms with E-state index in [4.69, 9.17) is 0 Å². The van der Waals surface area contributed by atoms with E-state index in [0.717, 1.165) is 38.9 Å². The summed E-state index contributed by atoms with van der Waals surface area (Å²) in [6.07, 6.45) is 6.93. The molecule has 2 aliphatic carbocycles. The number of nitrogens with two attached hydrogens (primary N) is 1. The molecule has 3 aliphatic rings. The molecule has 1 saturated heterocycles. The van der Waals surface area contributed by atoms with Gasteiger partial charge >= 0.3 is 0 Å². The number of hydrogen-bond donors (Lipinski definition) is 4. The highest BCUT2D eigenvalue weighted by molar-refractivity contribution is 5.80. The van der Waals surface area contributed by atoms with Crippen molar-refractivity contribution in [2.24, 2.45) is 11.8 Å². The molecule has 0 aromatic heterocycles. The van der Waals surface area contributed by atoms with Crippen LogP contribution in [0.5, 0.6) is 0 Å². The SMILES string of the molecule is O=C(NC[C@]1(O)CCC2CCCCC21)C1CNCC[NH2+]1. The van der Waals surface area contributed by atoms with Gasteiger partial charge in [-0.2, -0.15) is 0 Å². The maximum absolute atomic E-state index is 12.2. The quantitative estimate of drug-likeness (QED) is 0.534. The number of carbonyl (C=O) groups is 1. The van der Waals surface area contributed by atoms with Crippen LogP contribution in [0.1, 0.15) is 38.5 Å². The van der Waals surface area contributed by atoms with E-state index < -0.39 is 5.60 Å². The normalized spacial score (nSPS) is 41.1. The highest BCUT2D eigenvalue weighted by Gasteiger charge is 2.47. The molecule has 1 amide bonds. The summed E-state index contributed by atoms with van der Waals surface area (Å²) in [5.41, 5.74) is -0.650. The van der Waals surface area contributed by atoms with Crippen molar-refractivity contribution in [3.63, 3.8) is 0 Å². The highest BCUT2D eigenvalue weighted by atomic mass is 16.3. The van der Waals surface area contributed by atoms with Crippen LogP contribution < -0.4 is 16.0 Å². The van der Waals surface area contributed by atoms with E-state index in [9.17, 15) is 9.90 Å². The Hall–Kier alpha value is -0.650. The summed E-state index contributed by atoms with van der Waals surface area (Å²) in [4.78, 5) is 12.2. The Morgan fingerprint density at radius 2 is 2.20 bits per heavy atom. The maximum Gasteiger partial charge on any atom is 0.279 e. The Morgan fingerprint density at radius 3 is 3.00 bits per heavy atom. The zero-order chi connectivity index (χ0) is 14.0. The van der Waals surface area contributed by atoms with Crippen molar-refractivity contribution in [1.29, 1.82) is 0 Å². The van der Waals surface area contributed by atoms with Crippen LogP contribution in [0.3, 0.4) is 0 Å². The first kappa shape index (κ1) is 14.3. The number of quaternary nitrogens is 1. The number of nitrogens with one attached hydrogen (secondary N) is 2. The zero-order valence-electron chi connectivity index (χ0n) is 12.2. The van der Waals surface area contributed by atoms with Crippen molar-refractivity contribution in [2.45, 2.75) is 50.2 Å². The molecule has 2 saturated carbocycles. The van der Waals surface area contributed by atoms with Gasteiger partial charge in [0, 0.05) is 13.1 Å². The number of fused-ring (bicyclic) bond motifs is 1. The fraction of sp³-hybridized carbons (Fsp3) is 0.933. The van der Waals surface area contributed by atoms with Crippen LogP contribution in [0.15, 0.2) is 0 Å². The Bertz CT molecular complexity index is 357. The van der Waals surface area contributed by atoms with Crippen molar-refractivity contribution in [1.82, 2.24) is 10.6 Å². The van der Waals surface area contributed by atoms with Crippen LogP contribution >= 0.6 is 0 Å². The van der Waals surface area contributed by atoms with Gasteiger partial charge in [0.05, 0.1) is 18.7 Å². The highest BCUT2D eigenvalue weighted by Crippen LogP contribution is 2.47. The van der Waals surface area contributed by atoms with E-state index in [2.05, 4.69) is 16.0 Å². The third-order valence-corrected chi connectivity index (χ3v) is 5.59. The third kappa shape index (κ3) is 2.85. The van der Waals surface area contributed by atoms with E-state index in [-0.39, 0.29) is 11.9 Å². The maximum atomic E-state index is 12.2.